The van der Waals surface area contributed by atoms with Crippen LogP contribution >= 0.6 is 0 Å². The standard InChI is InChI=1S/C18H22O5/c1-21-16-9-12(10-17(22-2)18(16)23-3)7-8-15(20)13-5-4-6-14(19)11-13/h4-6,9-11,15,19-20H,7-8H2,1-3H3. The van der Waals surface area contributed by atoms with Gasteiger partial charge in [-0.05, 0) is 48.2 Å². The van der Waals surface area contributed by atoms with Crippen LogP contribution in [0.3, 0.4) is 0 Å². The molecule has 5 nitrogen and oxygen atoms in total. The molecule has 23 heavy (non-hydrogen) atoms. The van der Waals surface area contributed by atoms with Crippen molar-refractivity contribution < 1.29 is 24.4 Å². The Hall–Kier alpha value is -2.40. The Morgan fingerprint density at radius 3 is 2.13 bits per heavy atom. The first-order valence-corrected chi connectivity index (χ1v) is 7.35. The second-order valence-corrected chi connectivity index (χ2v) is 5.18. The molecule has 1 unspecified atom stereocenters. The molecular formula is C18H22O5. The number of hydrogen-bond acceptors (Lipinski definition) is 5. The van der Waals surface area contributed by atoms with Gasteiger partial charge < -0.3 is 24.4 Å². The number of rotatable bonds is 7. The summed E-state index contributed by atoms with van der Waals surface area (Å²) in [6.45, 7) is 0. The molecule has 0 radical (unpaired) electrons. The number of ether oxygens (including phenoxy) is 3. The summed E-state index contributed by atoms with van der Waals surface area (Å²) in [4.78, 5) is 0. The van der Waals surface area contributed by atoms with Crippen molar-refractivity contribution in [1.29, 1.82) is 0 Å². The molecule has 124 valence electrons. The lowest BCUT2D eigenvalue weighted by Crippen LogP contribution is -2.01. The van der Waals surface area contributed by atoms with Crippen LogP contribution in [0, 0.1) is 0 Å². The normalized spacial score (nSPS) is 11.8. The monoisotopic (exact) mass is 318 g/mol. The van der Waals surface area contributed by atoms with E-state index in [1.807, 2.05) is 12.1 Å². The van der Waals surface area contributed by atoms with Crippen LogP contribution in [-0.2, 0) is 6.42 Å². The van der Waals surface area contributed by atoms with Crippen molar-refractivity contribution in [3.8, 4) is 23.0 Å². The molecule has 0 aliphatic rings. The maximum atomic E-state index is 10.3. The summed E-state index contributed by atoms with van der Waals surface area (Å²) in [7, 11) is 4.71. The van der Waals surface area contributed by atoms with Gasteiger partial charge in [0.05, 0.1) is 27.4 Å². The van der Waals surface area contributed by atoms with E-state index in [0.717, 1.165) is 5.56 Å². The zero-order valence-corrected chi connectivity index (χ0v) is 13.6. The number of aliphatic hydroxyl groups is 1. The molecule has 0 bridgehead atoms. The second kappa shape index (κ2) is 7.74. The van der Waals surface area contributed by atoms with Gasteiger partial charge in [0.15, 0.2) is 11.5 Å². The van der Waals surface area contributed by atoms with Gasteiger partial charge in [0, 0.05) is 0 Å². The maximum Gasteiger partial charge on any atom is 0.203 e. The first-order chi connectivity index (χ1) is 11.1. The van der Waals surface area contributed by atoms with Gasteiger partial charge in [-0.2, -0.15) is 0 Å². The highest BCUT2D eigenvalue weighted by molar-refractivity contribution is 5.53. The number of phenolic OH excluding ortho intramolecular Hbond substituents is 1. The molecule has 0 fully saturated rings. The number of aromatic hydroxyl groups is 1. The van der Waals surface area contributed by atoms with Crippen molar-refractivity contribution in [2.24, 2.45) is 0 Å². The number of aliphatic hydroxyl groups excluding tert-OH is 1. The summed E-state index contributed by atoms with van der Waals surface area (Å²) in [5, 5.41) is 19.7. The third-order valence-corrected chi connectivity index (χ3v) is 3.69. The molecule has 0 aromatic heterocycles. The summed E-state index contributed by atoms with van der Waals surface area (Å²) in [6.07, 6.45) is 0.497. The van der Waals surface area contributed by atoms with Crippen LogP contribution in [0.5, 0.6) is 23.0 Å². The van der Waals surface area contributed by atoms with E-state index in [1.54, 1.807) is 45.6 Å². The van der Waals surface area contributed by atoms with Crippen molar-refractivity contribution in [3.63, 3.8) is 0 Å². The fourth-order valence-corrected chi connectivity index (χ4v) is 2.48. The average molecular weight is 318 g/mol. The van der Waals surface area contributed by atoms with E-state index in [4.69, 9.17) is 14.2 Å². The molecule has 5 heteroatoms. The van der Waals surface area contributed by atoms with Crippen LogP contribution in [-0.4, -0.2) is 31.5 Å². The van der Waals surface area contributed by atoms with E-state index in [-0.39, 0.29) is 5.75 Å². The Kier molecular flexibility index (Phi) is 5.71. The topological polar surface area (TPSA) is 68.2 Å². The minimum atomic E-state index is -0.652. The lowest BCUT2D eigenvalue weighted by Gasteiger charge is -2.15. The summed E-state index contributed by atoms with van der Waals surface area (Å²) in [6, 6.07) is 10.4. The highest BCUT2D eigenvalue weighted by Gasteiger charge is 2.14. The lowest BCUT2D eigenvalue weighted by atomic mass is 10.0. The number of aryl methyl sites for hydroxylation is 1. The first-order valence-electron chi connectivity index (χ1n) is 7.35. The predicted molar refractivity (Wildman–Crippen MR) is 87.5 cm³/mol. The molecule has 0 saturated carbocycles. The maximum absolute atomic E-state index is 10.3. The third kappa shape index (κ3) is 4.07. The number of benzene rings is 2. The SMILES string of the molecule is COc1cc(CCC(O)c2cccc(O)c2)cc(OC)c1OC. The van der Waals surface area contributed by atoms with Crippen molar-refractivity contribution >= 4 is 0 Å². The largest absolute Gasteiger partial charge is 0.508 e. The van der Waals surface area contributed by atoms with Crippen LogP contribution in [0.1, 0.15) is 23.7 Å². The summed E-state index contributed by atoms with van der Waals surface area (Å²) in [5.74, 6) is 1.88. The highest BCUT2D eigenvalue weighted by Crippen LogP contribution is 2.38. The number of methoxy groups -OCH3 is 3. The quantitative estimate of drug-likeness (QED) is 0.821. The van der Waals surface area contributed by atoms with Crippen molar-refractivity contribution in [2.75, 3.05) is 21.3 Å². The molecule has 0 amide bonds. The van der Waals surface area contributed by atoms with Gasteiger partial charge in [0.1, 0.15) is 5.75 Å². The van der Waals surface area contributed by atoms with Gasteiger partial charge in [-0.1, -0.05) is 12.1 Å². The number of phenols is 1. The molecule has 2 rings (SSSR count). The molecule has 2 aromatic rings. The fourth-order valence-electron chi connectivity index (χ4n) is 2.48. The van der Waals surface area contributed by atoms with E-state index < -0.39 is 6.10 Å². The Morgan fingerprint density at radius 2 is 1.61 bits per heavy atom. The van der Waals surface area contributed by atoms with Gasteiger partial charge >= 0.3 is 0 Å². The summed E-state index contributed by atoms with van der Waals surface area (Å²) >= 11 is 0. The molecule has 1 atom stereocenters. The Balaban J connectivity index is 2.14. The number of hydrogen-bond donors (Lipinski definition) is 2. The fraction of sp³-hybridized carbons (Fsp3) is 0.333. The van der Waals surface area contributed by atoms with Crippen molar-refractivity contribution in [1.82, 2.24) is 0 Å². The summed E-state index contributed by atoms with van der Waals surface area (Å²) in [5.41, 5.74) is 1.66. The van der Waals surface area contributed by atoms with E-state index >= 15 is 0 Å². The summed E-state index contributed by atoms with van der Waals surface area (Å²) < 4.78 is 15.9. The van der Waals surface area contributed by atoms with Gasteiger partial charge in [0.25, 0.3) is 0 Å². The predicted octanol–water partition coefficient (Wildman–Crippen LogP) is 3.08. The smallest absolute Gasteiger partial charge is 0.203 e. The molecule has 0 spiro atoms. The first kappa shape index (κ1) is 17.0. The van der Waals surface area contributed by atoms with Gasteiger partial charge in [-0.15, -0.1) is 0 Å². The minimum absolute atomic E-state index is 0.148. The van der Waals surface area contributed by atoms with Crippen LogP contribution in [0.2, 0.25) is 0 Å². The van der Waals surface area contributed by atoms with E-state index in [0.29, 0.717) is 35.7 Å². The van der Waals surface area contributed by atoms with Crippen LogP contribution < -0.4 is 14.2 Å². The van der Waals surface area contributed by atoms with Crippen molar-refractivity contribution in [3.05, 3.63) is 47.5 Å². The van der Waals surface area contributed by atoms with Crippen LogP contribution in [0.4, 0.5) is 0 Å². The highest BCUT2D eigenvalue weighted by atomic mass is 16.5. The molecule has 2 aromatic carbocycles. The lowest BCUT2D eigenvalue weighted by molar-refractivity contribution is 0.167. The van der Waals surface area contributed by atoms with Gasteiger partial charge in [-0.3, -0.25) is 0 Å². The minimum Gasteiger partial charge on any atom is -0.508 e. The Morgan fingerprint density at radius 1 is 0.957 bits per heavy atom. The average Bonchev–Trinajstić information content (AvgIpc) is 2.58. The van der Waals surface area contributed by atoms with Gasteiger partial charge in [0.2, 0.25) is 5.75 Å². The zero-order chi connectivity index (χ0) is 16.8. The molecule has 0 saturated heterocycles. The molecule has 0 aliphatic heterocycles. The van der Waals surface area contributed by atoms with E-state index in [2.05, 4.69) is 0 Å². The van der Waals surface area contributed by atoms with Crippen molar-refractivity contribution in [2.45, 2.75) is 18.9 Å². The molecule has 2 N–H and O–H groups in total. The van der Waals surface area contributed by atoms with E-state index in [9.17, 15) is 10.2 Å². The zero-order valence-electron chi connectivity index (χ0n) is 13.6. The van der Waals surface area contributed by atoms with Gasteiger partial charge in [-0.25, -0.2) is 0 Å². The molecular weight excluding hydrogens is 296 g/mol. The van der Waals surface area contributed by atoms with Crippen LogP contribution in [0.25, 0.3) is 0 Å². The molecule has 0 heterocycles. The second-order valence-electron chi connectivity index (χ2n) is 5.18. The molecule has 0 aliphatic carbocycles. The Bertz CT molecular complexity index is 629. The van der Waals surface area contributed by atoms with Crippen LogP contribution in [0.15, 0.2) is 36.4 Å². The third-order valence-electron chi connectivity index (χ3n) is 3.69. The van der Waals surface area contributed by atoms with E-state index in [1.165, 1.54) is 0 Å². The Labute approximate surface area is 136 Å².